The Morgan fingerprint density at radius 1 is 1.35 bits per heavy atom. The van der Waals surface area contributed by atoms with Crippen molar-refractivity contribution in [2.75, 3.05) is 46.1 Å². The van der Waals surface area contributed by atoms with Crippen LogP contribution >= 0.6 is 0 Å². The Kier molecular flexibility index (Phi) is 5.42. The molecule has 0 aromatic carbocycles. The van der Waals surface area contributed by atoms with E-state index in [4.69, 9.17) is 4.74 Å². The summed E-state index contributed by atoms with van der Waals surface area (Å²) < 4.78 is 30.3. The van der Waals surface area contributed by atoms with Crippen LogP contribution in [0.15, 0.2) is 0 Å². The van der Waals surface area contributed by atoms with Gasteiger partial charge in [0.1, 0.15) is 0 Å². The summed E-state index contributed by atoms with van der Waals surface area (Å²) >= 11 is 0. The SMILES string of the molecule is CN1CCOC(C(O)CC2CCCN(S(C)(=O)=O)C2)C1. The average molecular weight is 306 g/mol. The summed E-state index contributed by atoms with van der Waals surface area (Å²) in [5, 5.41) is 10.3. The van der Waals surface area contributed by atoms with Gasteiger partial charge in [-0.25, -0.2) is 12.7 Å². The number of sulfonamides is 1. The van der Waals surface area contributed by atoms with Gasteiger partial charge in [0.25, 0.3) is 0 Å². The summed E-state index contributed by atoms with van der Waals surface area (Å²) in [4.78, 5) is 2.15. The fraction of sp³-hybridized carbons (Fsp3) is 1.00. The summed E-state index contributed by atoms with van der Waals surface area (Å²) in [6.45, 7) is 3.42. The molecule has 0 aromatic rings. The van der Waals surface area contributed by atoms with Crippen LogP contribution in [0, 0.1) is 5.92 Å². The van der Waals surface area contributed by atoms with Crippen LogP contribution in [0.5, 0.6) is 0 Å². The van der Waals surface area contributed by atoms with Crippen LogP contribution in [-0.4, -0.2) is 81.0 Å². The van der Waals surface area contributed by atoms with Gasteiger partial charge < -0.3 is 14.7 Å². The number of aliphatic hydroxyl groups is 1. The minimum absolute atomic E-state index is 0.151. The molecule has 2 aliphatic heterocycles. The van der Waals surface area contributed by atoms with Crippen molar-refractivity contribution < 1.29 is 18.3 Å². The third-order valence-electron chi connectivity index (χ3n) is 4.25. The molecule has 0 radical (unpaired) electrons. The first-order chi connectivity index (χ1) is 9.36. The van der Waals surface area contributed by atoms with Gasteiger partial charge in [-0.3, -0.25) is 0 Å². The monoisotopic (exact) mass is 306 g/mol. The molecule has 0 amide bonds. The van der Waals surface area contributed by atoms with E-state index in [1.54, 1.807) is 0 Å². The molecule has 2 rings (SSSR count). The van der Waals surface area contributed by atoms with Crippen molar-refractivity contribution in [1.29, 1.82) is 0 Å². The van der Waals surface area contributed by atoms with Crippen LogP contribution < -0.4 is 0 Å². The largest absolute Gasteiger partial charge is 0.390 e. The van der Waals surface area contributed by atoms with Crippen molar-refractivity contribution in [3.05, 3.63) is 0 Å². The molecule has 3 unspecified atom stereocenters. The number of aliphatic hydroxyl groups excluding tert-OH is 1. The second-order valence-electron chi connectivity index (χ2n) is 6.10. The molecule has 0 aromatic heterocycles. The zero-order valence-corrected chi connectivity index (χ0v) is 13.2. The van der Waals surface area contributed by atoms with Gasteiger partial charge in [0.15, 0.2) is 0 Å². The lowest BCUT2D eigenvalue weighted by Crippen LogP contribution is -2.47. The van der Waals surface area contributed by atoms with Gasteiger partial charge in [-0.1, -0.05) is 0 Å². The van der Waals surface area contributed by atoms with E-state index in [1.165, 1.54) is 10.6 Å². The predicted octanol–water partition coefficient (Wildman–Crippen LogP) is -0.260. The Morgan fingerprint density at radius 2 is 2.10 bits per heavy atom. The van der Waals surface area contributed by atoms with Gasteiger partial charge in [-0.15, -0.1) is 0 Å². The van der Waals surface area contributed by atoms with Crippen molar-refractivity contribution in [3.8, 4) is 0 Å². The molecule has 0 saturated carbocycles. The number of nitrogens with zero attached hydrogens (tertiary/aromatic N) is 2. The van der Waals surface area contributed by atoms with Gasteiger partial charge in [-0.2, -0.15) is 0 Å². The maximum Gasteiger partial charge on any atom is 0.211 e. The van der Waals surface area contributed by atoms with Gasteiger partial charge >= 0.3 is 0 Å². The van der Waals surface area contributed by atoms with E-state index in [0.29, 0.717) is 26.1 Å². The number of piperidine rings is 1. The second kappa shape index (κ2) is 6.70. The highest BCUT2D eigenvalue weighted by Gasteiger charge is 2.31. The van der Waals surface area contributed by atoms with Crippen LogP contribution in [0.25, 0.3) is 0 Å². The number of morpholine rings is 1. The van der Waals surface area contributed by atoms with Crippen molar-refractivity contribution in [2.24, 2.45) is 5.92 Å². The number of ether oxygens (including phenoxy) is 1. The lowest BCUT2D eigenvalue weighted by Gasteiger charge is -2.36. The Balaban J connectivity index is 1.86. The molecule has 2 aliphatic rings. The Morgan fingerprint density at radius 3 is 2.75 bits per heavy atom. The molecule has 2 saturated heterocycles. The molecular formula is C13H26N2O4S. The molecule has 3 atom stereocenters. The van der Waals surface area contributed by atoms with Gasteiger partial charge in [-0.05, 0) is 32.2 Å². The zero-order valence-electron chi connectivity index (χ0n) is 12.4. The summed E-state index contributed by atoms with van der Waals surface area (Å²) in [5.41, 5.74) is 0. The van der Waals surface area contributed by atoms with Gasteiger partial charge in [0.2, 0.25) is 10.0 Å². The highest BCUT2D eigenvalue weighted by atomic mass is 32.2. The van der Waals surface area contributed by atoms with Crippen molar-refractivity contribution >= 4 is 10.0 Å². The summed E-state index contributed by atoms with van der Waals surface area (Å²) in [6.07, 6.45) is 3.06. The summed E-state index contributed by atoms with van der Waals surface area (Å²) in [6, 6.07) is 0. The molecular weight excluding hydrogens is 280 g/mol. The fourth-order valence-corrected chi connectivity index (χ4v) is 4.00. The van der Waals surface area contributed by atoms with E-state index in [2.05, 4.69) is 4.90 Å². The lowest BCUT2D eigenvalue weighted by molar-refractivity contribution is -0.0902. The molecule has 118 valence electrons. The molecule has 6 nitrogen and oxygen atoms in total. The topological polar surface area (TPSA) is 70.1 Å². The van der Waals surface area contributed by atoms with Crippen LogP contribution in [0.1, 0.15) is 19.3 Å². The number of hydrogen-bond acceptors (Lipinski definition) is 5. The smallest absolute Gasteiger partial charge is 0.211 e. The highest BCUT2D eigenvalue weighted by molar-refractivity contribution is 7.88. The van der Waals surface area contributed by atoms with E-state index < -0.39 is 16.1 Å². The number of rotatable bonds is 4. The van der Waals surface area contributed by atoms with Crippen LogP contribution in [-0.2, 0) is 14.8 Å². The van der Waals surface area contributed by atoms with Gasteiger partial charge in [0.05, 0.1) is 25.1 Å². The van der Waals surface area contributed by atoms with E-state index >= 15 is 0 Å². The molecule has 0 bridgehead atoms. The molecule has 1 N–H and O–H groups in total. The minimum Gasteiger partial charge on any atom is -0.390 e. The second-order valence-corrected chi connectivity index (χ2v) is 8.09. The average Bonchev–Trinajstić information content (AvgIpc) is 2.38. The Bertz CT molecular complexity index is 415. The molecule has 2 fully saturated rings. The summed E-state index contributed by atoms with van der Waals surface area (Å²) in [5.74, 6) is 0.226. The first kappa shape index (κ1) is 16.2. The zero-order chi connectivity index (χ0) is 14.8. The number of hydrogen-bond donors (Lipinski definition) is 1. The van der Waals surface area contributed by atoms with Gasteiger partial charge in [0, 0.05) is 26.2 Å². The predicted molar refractivity (Wildman–Crippen MR) is 77.0 cm³/mol. The van der Waals surface area contributed by atoms with Crippen LogP contribution in [0.2, 0.25) is 0 Å². The van der Waals surface area contributed by atoms with E-state index in [-0.39, 0.29) is 12.0 Å². The normalized spacial score (nSPS) is 32.1. The third-order valence-corrected chi connectivity index (χ3v) is 5.52. The van der Waals surface area contributed by atoms with Crippen molar-refractivity contribution in [1.82, 2.24) is 9.21 Å². The highest BCUT2D eigenvalue weighted by Crippen LogP contribution is 2.24. The summed E-state index contributed by atoms with van der Waals surface area (Å²) in [7, 11) is -1.09. The van der Waals surface area contributed by atoms with E-state index in [9.17, 15) is 13.5 Å². The standard InChI is InChI=1S/C13H26N2O4S/c1-14-6-7-19-13(10-14)12(16)8-11-4-3-5-15(9-11)20(2,17)18/h11-13,16H,3-10H2,1-2H3. The number of likely N-dealkylation sites (N-methyl/N-ethyl adjacent to an activating group) is 1. The molecule has 20 heavy (non-hydrogen) atoms. The lowest BCUT2D eigenvalue weighted by atomic mass is 9.91. The van der Waals surface area contributed by atoms with Crippen LogP contribution in [0.3, 0.4) is 0 Å². The molecule has 0 aliphatic carbocycles. The maximum absolute atomic E-state index is 11.6. The van der Waals surface area contributed by atoms with E-state index in [1.807, 2.05) is 7.05 Å². The Labute approximate surface area is 121 Å². The first-order valence-electron chi connectivity index (χ1n) is 7.29. The quantitative estimate of drug-likeness (QED) is 0.775. The van der Waals surface area contributed by atoms with E-state index in [0.717, 1.165) is 25.9 Å². The molecule has 2 heterocycles. The minimum atomic E-state index is -3.12. The first-order valence-corrected chi connectivity index (χ1v) is 9.14. The Hall–Kier alpha value is -0.210. The van der Waals surface area contributed by atoms with Crippen molar-refractivity contribution in [3.63, 3.8) is 0 Å². The maximum atomic E-state index is 11.6. The fourth-order valence-electron chi connectivity index (χ4n) is 3.06. The molecule has 7 heteroatoms. The third kappa shape index (κ3) is 4.39. The van der Waals surface area contributed by atoms with Crippen molar-refractivity contribution in [2.45, 2.75) is 31.5 Å². The van der Waals surface area contributed by atoms with Crippen LogP contribution in [0.4, 0.5) is 0 Å². The molecule has 0 spiro atoms.